The van der Waals surface area contributed by atoms with Gasteiger partial charge in [0.25, 0.3) is 17.7 Å². The number of unbranched alkanes of at least 4 members (excludes halogenated alkanes) is 2. The Kier molecular flexibility index (Phi) is 40.2. The monoisotopic (exact) mass is 1660 g/mol. The number of oxazole rings is 1. The van der Waals surface area contributed by atoms with Gasteiger partial charge in [-0.15, -0.1) is 0 Å². The minimum atomic E-state index is -2.45. The van der Waals surface area contributed by atoms with E-state index in [-0.39, 0.29) is 92.5 Å². The number of hydrazone groups is 1. The molecule has 7 unspecified atom stereocenters. The van der Waals surface area contributed by atoms with Gasteiger partial charge in [-0.05, 0) is 158 Å². The van der Waals surface area contributed by atoms with E-state index in [0.717, 1.165) is 22.5 Å². The number of aliphatic hydroxyl groups is 3. The van der Waals surface area contributed by atoms with E-state index in [9.17, 15) is 48.9 Å². The number of allylic oxidation sites excluding steroid dienone is 6. The molecule has 3 amide bonds. The lowest BCUT2D eigenvalue weighted by molar-refractivity contribution is -0.245. The van der Waals surface area contributed by atoms with Crippen LogP contribution in [0.3, 0.4) is 0 Å². The highest BCUT2D eigenvalue weighted by Crippen LogP contribution is 2.37. The average molecular weight is 1670 g/mol. The van der Waals surface area contributed by atoms with Crippen molar-refractivity contribution in [3.8, 4) is 11.3 Å². The molecule has 34 nitrogen and oxygen atoms in total. The van der Waals surface area contributed by atoms with Crippen LogP contribution in [0.2, 0.25) is 0 Å². The molecule has 2 bridgehead atoms. The van der Waals surface area contributed by atoms with Crippen molar-refractivity contribution in [2.75, 3.05) is 111 Å². The van der Waals surface area contributed by atoms with Crippen LogP contribution in [-0.4, -0.2) is 258 Å². The third kappa shape index (κ3) is 30.2. The molecule has 1 aromatic carbocycles. The molecule has 3 aliphatic heterocycles. The SMILES string of the molecule is COC1C[C@@H]2CCC[C@@](O)(O2)C(=O)C(=O)N2CCCC[C@H]2C(=O)OC([C@H](N)CC2CCC(OCCCCC(C=NCCOCCOCCOCCOCCNC(=O)CCCC(=O)NCCCCn3nc(-c4ccc5oc(N)nc5c4)c4c(N)ncnc43)=NN)[C@H](OC)C2)CC(=O)C(C)/C=C(\C)[C@@H](O)[C@@H](O)C(=O)C(C)CC(C)/C=C/C=CC=C1C. The molecule has 1 aliphatic carbocycles. The molecule has 658 valence electrons. The number of carbonyl (C=O) groups is 7. The van der Waals surface area contributed by atoms with Crippen LogP contribution in [0.1, 0.15) is 169 Å². The molecule has 3 aromatic heterocycles. The second-order valence-electron chi connectivity index (χ2n) is 31.5. The van der Waals surface area contributed by atoms with Gasteiger partial charge in [-0.3, -0.25) is 33.8 Å². The summed E-state index contributed by atoms with van der Waals surface area (Å²) in [7, 11) is 3.18. The predicted molar refractivity (Wildman–Crippen MR) is 447 cm³/mol. The number of nitrogen functional groups attached to an aromatic ring is 2. The maximum Gasteiger partial charge on any atom is 0.329 e. The van der Waals surface area contributed by atoms with E-state index in [4.69, 9.17) is 75.2 Å². The highest BCUT2D eigenvalue weighted by Gasteiger charge is 2.50. The number of piperidine rings is 1. The van der Waals surface area contributed by atoms with Crippen LogP contribution in [0.5, 0.6) is 0 Å². The molecular weight excluding hydrogens is 1540 g/mol. The zero-order valence-electron chi connectivity index (χ0n) is 70.3. The topological polar surface area (TPSA) is 489 Å². The van der Waals surface area contributed by atoms with Crippen molar-refractivity contribution in [2.45, 2.75) is 237 Å². The highest BCUT2D eigenvalue weighted by molar-refractivity contribution is 6.39. The number of esters is 1. The van der Waals surface area contributed by atoms with E-state index >= 15 is 0 Å². The Balaban J connectivity index is 0.673. The van der Waals surface area contributed by atoms with Crippen LogP contribution in [0.25, 0.3) is 33.4 Å². The standard InChI is InChI=1S/C85H128N14O20/c1-54-19-9-8-10-20-55(2)69(110-6)50-62-22-18-30-85(109,119-62)79(106)82(107)98-34-14-11-23-65(98)83(108)117-70(51-66(100)56(3)46-58(5)77(104)78(105)76(103)57(4)45-54)63(86)47-59-26-28-68(71(48-59)111-7)116-36-16-12-21-61(96-89)52-90-32-37-112-39-41-114-43-44-115-42-40-113-38-33-92-73(102)25-17-24-72(101)91-31-13-15-35-99-81-74(80(87)93-53-94-81)75(97-99)60-27-29-67-64(49-60)95-84(88)118-67/h8-10,19-20,27,29,46,49,52-54,56-57,59,62-63,65,68-71,77-78,104-105,109H,11-18,21-26,28,30-45,47-48,50-51,86,89H2,1-7H3,(H2,88,95)(H,91,101)(H,92,102)(H2,87,93,94)/b10-8?,19-9+,55-20?,58-46+,90-52?,96-61?/t54?,56?,57?,59?,62-,63+,65-,68?,69?,70?,71+,77+,78-,85+/m0/s1. The van der Waals surface area contributed by atoms with Gasteiger partial charge in [-0.2, -0.15) is 15.2 Å². The summed E-state index contributed by atoms with van der Waals surface area (Å²) >= 11 is 0. The number of hydrogen-bond acceptors (Lipinski definition) is 30. The van der Waals surface area contributed by atoms with Gasteiger partial charge in [-0.1, -0.05) is 57.2 Å². The number of ketones is 3. The van der Waals surface area contributed by atoms with E-state index in [1.165, 1.54) is 19.3 Å². The second-order valence-corrected chi connectivity index (χ2v) is 31.5. The number of nitrogens with zero attached hydrogens (tertiary/aromatic N) is 8. The fraction of sp³-hybridized carbons (Fsp3) is 0.659. The Bertz CT molecular complexity index is 4110. The van der Waals surface area contributed by atoms with Crippen LogP contribution in [0, 0.1) is 23.7 Å². The number of benzene rings is 1. The number of fused-ring (bicyclic) bond motifs is 5. The summed E-state index contributed by atoms with van der Waals surface area (Å²) in [4.78, 5) is 114. The number of aliphatic imine (C=N–C) groups is 1. The minimum absolute atomic E-state index is 0.0239. The quantitative estimate of drug-likeness (QED) is 0.00436. The molecule has 4 aliphatic rings. The largest absolute Gasteiger partial charge is 0.459 e. The number of anilines is 2. The number of aryl methyl sites for hydroxylation is 1. The second kappa shape index (κ2) is 49.9. The summed E-state index contributed by atoms with van der Waals surface area (Å²) in [6.07, 6.45) is 16.3. The van der Waals surface area contributed by atoms with Crippen LogP contribution in [0.15, 0.2) is 86.6 Å². The van der Waals surface area contributed by atoms with Gasteiger partial charge in [-0.25, -0.2) is 19.4 Å². The molecule has 0 radical (unpaired) electrons. The van der Waals surface area contributed by atoms with Crippen LogP contribution in [-0.2, 0) is 82.7 Å². The third-order valence-electron chi connectivity index (χ3n) is 22.2. The van der Waals surface area contributed by atoms with Crippen molar-refractivity contribution in [1.82, 2.24) is 40.3 Å². The number of aromatic nitrogens is 5. The summed E-state index contributed by atoms with van der Waals surface area (Å²) in [5.74, 6) is -2.41. The van der Waals surface area contributed by atoms with Gasteiger partial charge in [0.05, 0.1) is 94.9 Å². The van der Waals surface area contributed by atoms with Crippen molar-refractivity contribution in [3.05, 3.63) is 72.1 Å². The molecule has 34 heteroatoms. The van der Waals surface area contributed by atoms with Crippen molar-refractivity contribution in [3.63, 3.8) is 0 Å². The van der Waals surface area contributed by atoms with E-state index in [1.807, 2.05) is 56.4 Å². The summed E-state index contributed by atoms with van der Waals surface area (Å²) in [6.45, 7) is 13.8. The molecule has 119 heavy (non-hydrogen) atoms. The maximum absolute atomic E-state index is 14.6. The van der Waals surface area contributed by atoms with Crippen molar-refractivity contribution < 1.29 is 95.9 Å². The number of hydrogen-bond donors (Lipinski definition) is 9. The maximum atomic E-state index is 14.6. The lowest BCUT2D eigenvalue weighted by Gasteiger charge is -2.40. The molecule has 4 aromatic rings. The number of rotatable bonds is 37. The number of methoxy groups -OCH3 is 2. The lowest BCUT2D eigenvalue weighted by Crippen LogP contribution is -2.58. The molecule has 2 saturated heterocycles. The van der Waals surface area contributed by atoms with Gasteiger partial charge >= 0.3 is 5.97 Å². The van der Waals surface area contributed by atoms with Crippen molar-refractivity contribution in [1.29, 1.82) is 0 Å². The number of cyclic esters (lactones) is 1. The Morgan fingerprint density at radius 2 is 1.50 bits per heavy atom. The number of carbonyl (C=O) groups excluding carboxylic acids is 7. The van der Waals surface area contributed by atoms with Crippen molar-refractivity contribution >= 4 is 86.9 Å². The van der Waals surface area contributed by atoms with Gasteiger partial charge < -0.3 is 101 Å². The summed E-state index contributed by atoms with van der Waals surface area (Å²) in [5.41, 5.74) is 23.9. The predicted octanol–water partition coefficient (Wildman–Crippen LogP) is 6.61. The number of ether oxygens (including phenoxy) is 9. The molecule has 13 N–H and O–H groups in total. The molecule has 6 heterocycles. The zero-order chi connectivity index (χ0) is 85.8. The Labute approximate surface area is 696 Å². The summed E-state index contributed by atoms with van der Waals surface area (Å²) in [5, 5.41) is 49.4. The van der Waals surface area contributed by atoms with Crippen LogP contribution >= 0.6 is 0 Å². The molecular formula is C85H128N14O20. The van der Waals surface area contributed by atoms with Gasteiger partial charge in [0.1, 0.15) is 53.5 Å². The Hall–Kier alpha value is -8.65. The van der Waals surface area contributed by atoms with E-state index < -0.39 is 89.5 Å². The number of nitrogens with one attached hydrogen (secondary N) is 2. The fourth-order valence-electron chi connectivity index (χ4n) is 15.5. The van der Waals surface area contributed by atoms with Crippen LogP contribution < -0.4 is 33.7 Å². The van der Waals surface area contributed by atoms with Gasteiger partial charge in [0, 0.05) is 109 Å². The van der Waals surface area contributed by atoms with Gasteiger partial charge in [0.2, 0.25) is 17.6 Å². The normalized spacial score (nSPS) is 26.3. The average Bonchev–Trinajstić information content (AvgIpc) is 1.58. The van der Waals surface area contributed by atoms with Crippen LogP contribution in [0.4, 0.5) is 11.8 Å². The first kappa shape index (κ1) is 95.8. The first-order valence-electron chi connectivity index (χ1n) is 42.1. The van der Waals surface area contributed by atoms with Crippen molar-refractivity contribution in [2.24, 2.45) is 45.3 Å². The number of Topliss-reactive ketones (excluding diaryl/α,β-unsaturated/α-hetero) is 3. The molecule has 8 rings (SSSR count). The summed E-state index contributed by atoms with van der Waals surface area (Å²) in [6, 6.07) is 3.39. The molecule has 3 fully saturated rings. The van der Waals surface area contributed by atoms with E-state index in [0.29, 0.717) is 215 Å². The first-order valence-corrected chi connectivity index (χ1v) is 42.1. The number of nitrogens with two attached hydrogens (primary N) is 4. The fourth-order valence-corrected chi connectivity index (χ4v) is 15.5. The van der Waals surface area contributed by atoms with Gasteiger partial charge in [0.15, 0.2) is 17.0 Å². The molecule has 0 spiro atoms. The molecule has 1 saturated carbocycles. The van der Waals surface area contributed by atoms with E-state index in [1.54, 1.807) is 45.0 Å². The number of aliphatic hydroxyl groups excluding tert-OH is 2. The summed E-state index contributed by atoms with van der Waals surface area (Å²) < 4.78 is 60.2. The Morgan fingerprint density at radius 1 is 0.773 bits per heavy atom. The van der Waals surface area contributed by atoms with E-state index in [2.05, 4.69) is 35.7 Å². The highest BCUT2D eigenvalue weighted by atomic mass is 16.6. The lowest BCUT2D eigenvalue weighted by atomic mass is 9.80. The molecule has 14 atom stereocenters. The third-order valence-corrected chi connectivity index (χ3v) is 22.2. The minimum Gasteiger partial charge on any atom is -0.459 e. The smallest absolute Gasteiger partial charge is 0.329 e. The first-order chi connectivity index (χ1) is 57.3. The zero-order valence-corrected chi connectivity index (χ0v) is 70.3. The Morgan fingerprint density at radius 3 is 2.24 bits per heavy atom. The number of amides is 3.